The summed E-state index contributed by atoms with van der Waals surface area (Å²) in [4.78, 5) is 2.44. The van der Waals surface area contributed by atoms with E-state index in [0.717, 1.165) is 19.5 Å². The zero-order chi connectivity index (χ0) is 15.0. The fraction of sp³-hybridized carbons (Fsp3) is 0.556. The molecule has 0 saturated carbocycles. The van der Waals surface area contributed by atoms with Crippen LogP contribution in [0.3, 0.4) is 0 Å². The van der Waals surface area contributed by atoms with Crippen molar-refractivity contribution in [3.05, 3.63) is 48.6 Å². The Kier molecular flexibility index (Phi) is 6.97. The molecule has 0 fully saturated rings. The molecule has 1 aromatic carbocycles. The lowest BCUT2D eigenvalue weighted by Gasteiger charge is -2.32. The lowest BCUT2D eigenvalue weighted by atomic mass is 10.0. The number of benzene rings is 1. The Labute approximate surface area is 124 Å². The number of hydrogen-bond acceptors (Lipinski definition) is 2. The first-order chi connectivity index (χ1) is 9.44. The molecule has 20 heavy (non-hydrogen) atoms. The second kappa shape index (κ2) is 8.23. The Morgan fingerprint density at radius 1 is 1.25 bits per heavy atom. The Balaban J connectivity index is 2.71. The monoisotopic (exact) mass is 274 g/mol. The SMILES string of the molecule is C=CCCCN(C)C(CNC(C)(C)C)c1ccccc1. The molecule has 0 aliphatic carbocycles. The van der Waals surface area contributed by atoms with Gasteiger partial charge in [0.05, 0.1) is 0 Å². The van der Waals surface area contributed by atoms with E-state index in [2.05, 4.69) is 74.9 Å². The van der Waals surface area contributed by atoms with Gasteiger partial charge in [-0.25, -0.2) is 0 Å². The van der Waals surface area contributed by atoms with Crippen molar-refractivity contribution in [3.63, 3.8) is 0 Å². The highest BCUT2D eigenvalue weighted by Crippen LogP contribution is 2.20. The average molecular weight is 274 g/mol. The number of nitrogens with zero attached hydrogens (tertiary/aromatic N) is 1. The molecule has 1 rings (SSSR count). The summed E-state index contributed by atoms with van der Waals surface area (Å²) in [6, 6.07) is 11.2. The molecule has 1 N–H and O–H groups in total. The summed E-state index contributed by atoms with van der Waals surface area (Å²) in [5, 5.41) is 3.63. The van der Waals surface area contributed by atoms with Crippen molar-refractivity contribution in [2.75, 3.05) is 20.1 Å². The van der Waals surface area contributed by atoms with Gasteiger partial charge in [0.15, 0.2) is 0 Å². The number of likely N-dealkylation sites (N-methyl/N-ethyl adjacent to an activating group) is 1. The maximum absolute atomic E-state index is 3.80. The van der Waals surface area contributed by atoms with Crippen LogP contribution in [0.2, 0.25) is 0 Å². The molecule has 0 aromatic heterocycles. The van der Waals surface area contributed by atoms with Crippen LogP contribution in [0.25, 0.3) is 0 Å². The zero-order valence-corrected chi connectivity index (χ0v) is 13.5. The molecule has 0 amide bonds. The topological polar surface area (TPSA) is 15.3 Å². The van der Waals surface area contributed by atoms with Crippen LogP contribution >= 0.6 is 0 Å². The minimum atomic E-state index is 0.148. The van der Waals surface area contributed by atoms with Crippen LogP contribution in [-0.2, 0) is 0 Å². The van der Waals surface area contributed by atoms with E-state index in [-0.39, 0.29) is 5.54 Å². The van der Waals surface area contributed by atoms with Crippen molar-refractivity contribution < 1.29 is 0 Å². The van der Waals surface area contributed by atoms with Gasteiger partial charge in [0.25, 0.3) is 0 Å². The van der Waals surface area contributed by atoms with Crippen LogP contribution < -0.4 is 5.32 Å². The van der Waals surface area contributed by atoms with Crippen molar-refractivity contribution in [3.8, 4) is 0 Å². The van der Waals surface area contributed by atoms with Gasteiger partial charge in [0.1, 0.15) is 0 Å². The predicted molar refractivity (Wildman–Crippen MR) is 89.0 cm³/mol. The predicted octanol–water partition coefficient (Wildman–Crippen LogP) is 4.01. The van der Waals surface area contributed by atoms with E-state index in [1.807, 2.05) is 6.08 Å². The minimum Gasteiger partial charge on any atom is -0.310 e. The van der Waals surface area contributed by atoms with Crippen molar-refractivity contribution in [2.45, 2.75) is 45.2 Å². The van der Waals surface area contributed by atoms with Crippen molar-refractivity contribution >= 4 is 0 Å². The van der Waals surface area contributed by atoms with Gasteiger partial charge in [0, 0.05) is 18.1 Å². The van der Waals surface area contributed by atoms with E-state index in [9.17, 15) is 0 Å². The van der Waals surface area contributed by atoms with Crippen LogP contribution in [0, 0.1) is 0 Å². The maximum Gasteiger partial charge on any atom is 0.0469 e. The van der Waals surface area contributed by atoms with Crippen LogP contribution in [0.5, 0.6) is 0 Å². The van der Waals surface area contributed by atoms with Gasteiger partial charge in [-0.05, 0) is 52.8 Å². The first kappa shape index (κ1) is 16.9. The molecule has 0 aliphatic rings. The summed E-state index contributed by atoms with van der Waals surface area (Å²) in [5.74, 6) is 0. The highest BCUT2D eigenvalue weighted by molar-refractivity contribution is 5.19. The summed E-state index contributed by atoms with van der Waals surface area (Å²) >= 11 is 0. The fourth-order valence-electron chi connectivity index (χ4n) is 2.25. The van der Waals surface area contributed by atoms with Crippen molar-refractivity contribution in [2.24, 2.45) is 0 Å². The van der Waals surface area contributed by atoms with Gasteiger partial charge in [-0.1, -0.05) is 36.4 Å². The van der Waals surface area contributed by atoms with E-state index < -0.39 is 0 Å². The summed E-state index contributed by atoms with van der Waals surface area (Å²) in [5.41, 5.74) is 1.53. The van der Waals surface area contributed by atoms with Gasteiger partial charge in [-0.2, -0.15) is 0 Å². The third kappa shape index (κ3) is 6.36. The first-order valence-electron chi connectivity index (χ1n) is 7.55. The summed E-state index contributed by atoms with van der Waals surface area (Å²) in [6.45, 7) is 12.5. The molecule has 1 aromatic rings. The Bertz CT molecular complexity index is 378. The largest absolute Gasteiger partial charge is 0.310 e. The summed E-state index contributed by atoms with van der Waals surface area (Å²) < 4.78 is 0. The smallest absolute Gasteiger partial charge is 0.0469 e. The molecule has 0 saturated heterocycles. The third-order valence-corrected chi connectivity index (χ3v) is 3.46. The van der Waals surface area contributed by atoms with Gasteiger partial charge in [-0.3, -0.25) is 4.90 Å². The standard InChI is InChI=1S/C18H30N2/c1-6-7-11-14-20(5)17(15-19-18(2,3)4)16-12-9-8-10-13-16/h6,8-10,12-13,17,19H,1,7,11,14-15H2,2-5H3. The summed E-state index contributed by atoms with van der Waals surface area (Å²) in [6.07, 6.45) is 4.25. The lowest BCUT2D eigenvalue weighted by Crippen LogP contribution is -2.42. The van der Waals surface area contributed by atoms with Gasteiger partial charge in [0.2, 0.25) is 0 Å². The third-order valence-electron chi connectivity index (χ3n) is 3.46. The molecule has 2 nitrogen and oxygen atoms in total. The molecule has 1 atom stereocenters. The van der Waals surface area contributed by atoms with Crippen molar-refractivity contribution in [1.82, 2.24) is 10.2 Å². The second-order valence-electron chi connectivity index (χ2n) is 6.47. The number of allylic oxidation sites excluding steroid dienone is 1. The molecule has 112 valence electrons. The van der Waals surface area contributed by atoms with Crippen LogP contribution in [0.1, 0.15) is 45.2 Å². The Morgan fingerprint density at radius 3 is 2.45 bits per heavy atom. The highest BCUT2D eigenvalue weighted by atomic mass is 15.2. The van der Waals surface area contributed by atoms with Crippen molar-refractivity contribution in [1.29, 1.82) is 0 Å². The molecular weight excluding hydrogens is 244 g/mol. The molecule has 0 radical (unpaired) electrons. The van der Waals surface area contributed by atoms with Crippen LogP contribution in [0.4, 0.5) is 0 Å². The molecule has 0 aliphatic heterocycles. The van der Waals surface area contributed by atoms with Gasteiger partial charge in [-0.15, -0.1) is 6.58 Å². The maximum atomic E-state index is 3.80. The molecule has 0 spiro atoms. The molecule has 0 bridgehead atoms. The normalized spacial score (nSPS) is 13.4. The number of hydrogen-bond donors (Lipinski definition) is 1. The average Bonchev–Trinajstić information content (AvgIpc) is 2.39. The minimum absolute atomic E-state index is 0.148. The number of rotatable bonds is 8. The Morgan fingerprint density at radius 2 is 1.90 bits per heavy atom. The Hall–Kier alpha value is -1.12. The highest BCUT2D eigenvalue weighted by Gasteiger charge is 2.19. The first-order valence-corrected chi connectivity index (χ1v) is 7.55. The molecular formula is C18H30N2. The van der Waals surface area contributed by atoms with E-state index in [0.29, 0.717) is 6.04 Å². The van der Waals surface area contributed by atoms with Crippen LogP contribution in [-0.4, -0.2) is 30.6 Å². The van der Waals surface area contributed by atoms with E-state index in [1.165, 1.54) is 12.0 Å². The summed E-state index contributed by atoms with van der Waals surface area (Å²) in [7, 11) is 2.21. The van der Waals surface area contributed by atoms with E-state index in [1.54, 1.807) is 0 Å². The quantitative estimate of drug-likeness (QED) is 0.569. The zero-order valence-electron chi connectivity index (χ0n) is 13.5. The molecule has 0 heterocycles. The van der Waals surface area contributed by atoms with Crippen LogP contribution in [0.15, 0.2) is 43.0 Å². The number of nitrogens with one attached hydrogen (secondary N) is 1. The van der Waals surface area contributed by atoms with Gasteiger partial charge >= 0.3 is 0 Å². The lowest BCUT2D eigenvalue weighted by molar-refractivity contribution is 0.222. The number of unbranched alkanes of at least 4 members (excludes halogenated alkanes) is 1. The molecule has 1 unspecified atom stereocenters. The van der Waals surface area contributed by atoms with E-state index >= 15 is 0 Å². The van der Waals surface area contributed by atoms with E-state index in [4.69, 9.17) is 0 Å². The fourth-order valence-corrected chi connectivity index (χ4v) is 2.25. The molecule has 2 heteroatoms. The second-order valence-corrected chi connectivity index (χ2v) is 6.47. The van der Waals surface area contributed by atoms with Gasteiger partial charge < -0.3 is 5.32 Å².